The van der Waals surface area contributed by atoms with Crippen LogP contribution in [0.25, 0.3) is 15.9 Å². The Labute approximate surface area is 189 Å². The smallest absolute Gasteiger partial charge is 0.234 e. The lowest BCUT2D eigenvalue weighted by Gasteiger charge is -2.17. The van der Waals surface area contributed by atoms with Crippen LogP contribution in [0.3, 0.4) is 0 Å². The summed E-state index contributed by atoms with van der Waals surface area (Å²) >= 11 is 3.18. The lowest BCUT2D eigenvalue weighted by molar-refractivity contribution is -0.113. The van der Waals surface area contributed by atoms with E-state index < -0.39 is 0 Å². The molecule has 8 heteroatoms. The van der Waals surface area contributed by atoms with Crippen molar-refractivity contribution in [3.8, 4) is 0 Å². The summed E-state index contributed by atoms with van der Waals surface area (Å²) in [6, 6.07) is 4.17. The van der Waals surface area contributed by atoms with E-state index in [0.717, 1.165) is 51.4 Å². The largest absolute Gasteiger partial charge is 0.325 e. The highest BCUT2D eigenvalue weighted by molar-refractivity contribution is 7.99. The molecule has 0 saturated heterocycles. The SMILES string of the molecule is Cc1cc(C)c(NC(=O)CSc2nnc3c4c5c(sc4ncn23)CC(C)CC5)c(C)c1. The molecule has 0 radical (unpaired) electrons. The summed E-state index contributed by atoms with van der Waals surface area (Å²) in [7, 11) is 0. The number of thioether (sulfide) groups is 1. The van der Waals surface area contributed by atoms with Crippen molar-refractivity contribution in [2.45, 2.75) is 52.1 Å². The van der Waals surface area contributed by atoms with E-state index >= 15 is 0 Å². The second kappa shape index (κ2) is 7.91. The quantitative estimate of drug-likeness (QED) is 0.436. The van der Waals surface area contributed by atoms with E-state index in [1.165, 1.54) is 34.2 Å². The Hall–Kier alpha value is -2.45. The van der Waals surface area contributed by atoms with Crippen LogP contribution in [0.15, 0.2) is 23.6 Å². The van der Waals surface area contributed by atoms with Gasteiger partial charge in [0.25, 0.3) is 0 Å². The lowest BCUT2D eigenvalue weighted by atomic mass is 9.89. The van der Waals surface area contributed by atoms with Crippen molar-refractivity contribution < 1.29 is 4.79 Å². The average molecular weight is 452 g/mol. The van der Waals surface area contributed by atoms with Gasteiger partial charge >= 0.3 is 0 Å². The Morgan fingerprint density at radius 3 is 2.81 bits per heavy atom. The summed E-state index contributed by atoms with van der Waals surface area (Å²) in [5.74, 6) is 0.942. The molecule has 1 atom stereocenters. The molecule has 4 aromatic rings. The fourth-order valence-electron chi connectivity index (χ4n) is 4.50. The zero-order chi connectivity index (χ0) is 21.7. The predicted molar refractivity (Wildman–Crippen MR) is 127 cm³/mol. The first-order valence-electron chi connectivity index (χ1n) is 10.5. The number of amides is 1. The van der Waals surface area contributed by atoms with Gasteiger partial charge in [-0.25, -0.2) is 4.98 Å². The highest BCUT2D eigenvalue weighted by Crippen LogP contribution is 2.39. The monoisotopic (exact) mass is 451 g/mol. The van der Waals surface area contributed by atoms with Crippen LogP contribution >= 0.6 is 23.1 Å². The summed E-state index contributed by atoms with van der Waals surface area (Å²) in [6.07, 6.45) is 5.19. The first kappa shape index (κ1) is 20.5. The van der Waals surface area contributed by atoms with Crippen LogP contribution in [-0.4, -0.2) is 31.2 Å². The van der Waals surface area contributed by atoms with Crippen molar-refractivity contribution >= 4 is 50.6 Å². The van der Waals surface area contributed by atoms with Crippen molar-refractivity contribution in [2.75, 3.05) is 11.1 Å². The van der Waals surface area contributed by atoms with Gasteiger partial charge in [-0.3, -0.25) is 9.20 Å². The van der Waals surface area contributed by atoms with E-state index in [1.54, 1.807) is 17.7 Å². The Balaban J connectivity index is 1.38. The minimum absolute atomic E-state index is 0.0484. The van der Waals surface area contributed by atoms with Crippen LogP contribution in [-0.2, 0) is 17.6 Å². The van der Waals surface area contributed by atoms with Gasteiger partial charge < -0.3 is 5.32 Å². The molecule has 1 aromatic carbocycles. The fourth-order valence-corrected chi connectivity index (χ4v) is 6.55. The van der Waals surface area contributed by atoms with E-state index in [2.05, 4.69) is 46.5 Å². The maximum atomic E-state index is 12.6. The second-order valence-electron chi connectivity index (χ2n) is 8.56. The number of hydrogen-bond donors (Lipinski definition) is 1. The van der Waals surface area contributed by atoms with E-state index in [9.17, 15) is 4.79 Å². The molecule has 0 bridgehead atoms. The number of benzene rings is 1. The number of rotatable bonds is 4. The topological polar surface area (TPSA) is 72.2 Å². The van der Waals surface area contributed by atoms with Gasteiger partial charge in [0.1, 0.15) is 11.2 Å². The molecule has 0 saturated carbocycles. The molecule has 0 fully saturated rings. The Kier molecular flexibility index (Phi) is 5.22. The molecule has 3 heterocycles. The van der Waals surface area contributed by atoms with Crippen LogP contribution in [0.4, 0.5) is 5.69 Å². The third-order valence-electron chi connectivity index (χ3n) is 5.95. The lowest BCUT2D eigenvalue weighted by Crippen LogP contribution is -2.16. The van der Waals surface area contributed by atoms with Crippen molar-refractivity contribution in [3.63, 3.8) is 0 Å². The molecule has 1 N–H and O–H groups in total. The third kappa shape index (κ3) is 3.72. The van der Waals surface area contributed by atoms with E-state index in [1.807, 2.05) is 18.2 Å². The summed E-state index contributed by atoms with van der Waals surface area (Å²) in [6.45, 7) is 8.42. The maximum Gasteiger partial charge on any atom is 0.234 e. The summed E-state index contributed by atoms with van der Waals surface area (Å²) < 4.78 is 1.92. The second-order valence-corrected chi connectivity index (χ2v) is 10.6. The van der Waals surface area contributed by atoms with Gasteiger partial charge in [-0.2, -0.15) is 0 Å². The summed E-state index contributed by atoms with van der Waals surface area (Å²) in [5, 5.41) is 13.7. The molecular weight excluding hydrogens is 426 g/mol. The Bertz CT molecular complexity index is 1300. The van der Waals surface area contributed by atoms with Crippen LogP contribution < -0.4 is 5.32 Å². The van der Waals surface area contributed by atoms with Gasteiger partial charge in [0.05, 0.1) is 11.1 Å². The number of nitrogens with one attached hydrogen (secondary N) is 1. The number of aromatic nitrogens is 4. The molecule has 1 unspecified atom stereocenters. The molecule has 31 heavy (non-hydrogen) atoms. The third-order valence-corrected chi connectivity index (χ3v) is 8.05. The molecule has 6 nitrogen and oxygen atoms in total. The Morgan fingerprint density at radius 2 is 2.03 bits per heavy atom. The molecule has 1 amide bonds. The van der Waals surface area contributed by atoms with Crippen LogP contribution in [0, 0.1) is 26.7 Å². The number of hydrogen-bond acceptors (Lipinski definition) is 6. The number of fused-ring (bicyclic) bond motifs is 5. The van der Waals surface area contributed by atoms with Crippen molar-refractivity contribution in [2.24, 2.45) is 5.92 Å². The van der Waals surface area contributed by atoms with Crippen LogP contribution in [0.2, 0.25) is 0 Å². The standard InChI is InChI=1S/C23H25N5OS2/c1-12-5-6-16-17(9-12)31-22-19(16)21-26-27-23(28(21)11-24-22)30-10-18(29)25-20-14(3)7-13(2)8-15(20)4/h7-8,11-12H,5-6,9-10H2,1-4H3,(H,25,29). The zero-order valence-electron chi connectivity index (χ0n) is 18.2. The van der Waals surface area contributed by atoms with Gasteiger partial charge in [0, 0.05) is 10.6 Å². The van der Waals surface area contributed by atoms with E-state index in [0.29, 0.717) is 5.16 Å². The fraction of sp³-hybridized carbons (Fsp3) is 0.391. The molecular formula is C23H25N5OS2. The van der Waals surface area contributed by atoms with Crippen LogP contribution in [0.1, 0.15) is 40.5 Å². The number of aryl methyl sites for hydroxylation is 4. The van der Waals surface area contributed by atoms with Gasteiger partial charge in [-0.05, 0) is 62.6 Å². The number of thiophene rings is 1. The Morgan fingerprint density at radius 1 is 1.26 bits per heavy atom. The predicted octanol–water partition coefficient (Wildman–Crippen LogP) is 5.12. The minimum atomic E-state index is -0.0484. The van der Waals surface area contributed by atoms with E-state index in [-0.39, 0.29) is 11.7 Å². The molecule has 1 aliphatic carbocycles. The molecule has 3 aromatic heterocycles. The summed E-state index contributed by atoms with van der Waals surface area (Å²) in [5.41, 5.74) is 6.48. The summed E-state index contributed by atoms with van der Waals surface area (Å²) in [4.78, 5) is 19.8. The number of anilines is 1. The molecule has 160 valence electrons. The maximum absolute atomic E-state index is 12.6. The molecule has 0 aliphatic heterocycles. The number of nitrogens with zero attached hydrogens (tertiary/aromatic N) is 4. The molecule has 1 aliphatic rings. The first-order chi connectivity index (χ1) is 14.9. The van der Waals surface area contributed by atoms with Crippen molar-refractivity contribution in [1.82, 2.24) is 19.6 Å². The first-order valence-corrected chi connectivity index (χ1v) is 12.4. The normalized spacial score (nSPS) is 16.1. The highest BCUT2D eigenvalue weighted by Gasteiger charge is 2.24. The van der Waals surface area contributed by atoms with Gasteiger partial charge in [0.15, 0.2) is 10.8 Å². The van der Waals surface area contributed by atoms with Gasteiger partial charge in [-0.15, -0.1) is 21.5 Å². The van der Waals surface area contributed by atoms with Crippen molar-refractivity contribution in [3.05, 3.63) is 45.6 Å². The van der Waals surface area contributed by atoms with Gasteiger partial charge in [0.2, 0.25) is 5.91 Å². The van der Waals surface area contributed by atoms with Gasteiger partial charge in [-0.1, -0.05) is 36.4 Å². The van der Waals surface area contributed by atoms with Crippen LogP contribution in [0.5, 0.6) is 0 Å². The molecule has 0 spiro atoms. The van der Waals surface area contributed by atoms with E-state index in [4.69, 9.17) is 0 Å². The minimum Gasteiger partial charge on any atom is -0.325 e. The molecule has 5 rings (SSSR count). The number of carbonyl (C=O) groups is 1. The highest BCUT2D eigenvalue weighted by atomic mass is 32.2. The van der Waals surface area contributed by atoms with Crippen molar-refractivity contribution in [1.29, 1.82) is 0 Å². The zero-order valence-corrected chi connectivity index (χ0v) is 19.8. The number of carbonyl (C=O) groups excluding carboxylic acids is 1. The average Bonchev–Trinajstić information content (AvgIpc) is 3.29.